The van der Waals surface area contributed by atoms with Crippen molar-refractivity contribution >= 4 is 33.5 Å². The van der Waals surface area contributed by atoms with E-state index < -0.39 is 6.09 Å². The van der Waals surface area contributed by atoms with Crippen LogP contribution in [0.5, 0.6) is 0 Å². The SMILES string of the molecule is O=C(Nc1cccc2c1CNC2)OCCN1CCC(C(=O)c2ccc(Br)cc2)CC1. The summed E-state index contributed by atoms with van der Waals surface area (Å²) < 4.78 is 6.36. The molecule has 30 heavy (non-hydrogen) atoms. The second-order valence-electron chi connectivity index (χ2n) is 7.79. The van der Waals surface area contributed by atoms with E-state index >= 15 is 0 Å². The topological polar surface area (TPSA) is 70.7 Å². The number of nitrogens with one attached hydrogen (secondary N) is 2. The second kappa shape index (κ2) is 9.73. The minimum Gasteiger partial charge on any atom is -0.448 e. The molecule has 0 spiro atoms. The molecule has 2 aromatic rings. The van der Waals surface area contributed by atoms with E-state index in [-0.39, 0.29) is 11.7 Å². The van der Waals surface area contributed by atoms with Gasteiger partial charge in [0, 0.05) is 41.3 Å². The third-order valence-corrected chi connectivity index (χ3v) is 6.38. The van der Waals surface area contributed by atoms with Crippen molar-refractivity contribution in [2.24, 2.45) is 5.92 Å². The van der Waals surface area contributed by atoms with Crippen molar-refractivity contribution < 1.29 is 14.3 Å². The standard InChI is InChI=1S/C23H26BrN3O3/c24-19-6-4-16(5-7-19)22(28)17-8-10-27(11-9-17)12-13-30-23(29)26-21-3-1-2-18-14-25-15-20(18)21/h1-7,17,25H,8-15H2,(H,26,29). The Hall–Kier alpha value is -2.22. The Kier molecular flexibility index (Phi) is 6.82. The van der Waals surface area contributed by atoms with Gasteiger partial charge in [0.25, 0.3) is 0 Å². The van der Waals surface area contributed by atoms with E-state index in [1.54, 1.807) is 0 Å². The lowest BCUT2D eigenvalue weighted by Gasteiger charge is -2.31. The monoisotopic (exact) mass is 471 g/mol. The van der Waals surface area contributed by atoms with Crippen LogP contribution in [0.2, 0.25) is 0 Å². The number of rotatable bonds is 6. The fourth-order valence-electron chi connectivity index (χ4n) is 4.13. The van der Waals surface area contributed by atoms with Crippen LogP contribution in [-0.2, 0) is 17.8 Å². The van der Waals surface area contributed by atoms with Crippen molar-refractivity contribution in [1.29, 1.82) is 0 Å². The first kappa shape index (κ1) is 21.0. The number of Topliss-reactive ketones (excluding diaryl/α,β-unsaturated/α-hetero) is 1. The second-order valence-corrected chi connectivity index (χ2v) is 8.71. The van der Waals surface area contributed by atoms with E-state index in [9.17, 15) is 9.59 Å². The van der Waals surface area contributed by atoms with Gasteiger partial charge in [-0.3, -0.25) is 15.0 Å². The summed E-state index contributed by atoms with van der Waals surface area (Å²) in [4.78, 5) is 27.1. The number of halogens is 1. The summed E-state index contributed by atoms with van der Waals surface area (Å²) in [5.74, 6) is 0.295. The van der Waals surface area contributed by atoms with E-state index in [4.69, 9.17) is 4.74 Å². The van der Waals surface area contributed by atoms with Gasteiger partial charge in [0.1, 0.15) is 6.61 Å². The molecule has 158 valence electrons. The maximum Gasteiger partial charge on any atom is 0.411 e. The molecule has 2 aromatic carbocycles. The predicted molar refractivity (Wildman–Crippen MR) is 120 cm³/mol. The van der Waals surface area contributed by atoms with Crippen molar-refractivity contribution in [3.8, 4) is 0 Å². The number of anilines is 1. The smallest absolute Gasteiger partial charge is 0.411 e. The van der Waals surface area contributed by atoms with Gasteiger partial charge in [0.2, 0.25) is 0 Å². The van der Waals surface area contributed by atoms with Crippen LogP contribution in [0.15, 0.2) is 46.9 Å². The van der Waals surface area contributed by atoms with Crippen LogP contribution in [0, 0.1) is 5.92 Å². The first-order valence-electron chi connectivity index (χ1n) is 10.4. The van der Waals surface area contributed by atoms with Crippen LogP contribution in [0.25, 0.3) is 0 Å². The number of ketones is 1. The van der Waals surface area contributed by atoms with E-state index in [0.29, 0.717) is 13.2 Å². The minimum absolute atomic E-state index is 0.0698. The van der Waals surface area contributed by atoms with E-state index in [1.807, 2.05) is 36.4 Å². The molecule has 0 unspecified atom stereocenters. The summed E-state index contributed by atoms with van der Waals surface area (Å²) >= 11 is 3.40. The molecule has 2 heterocycles. The molecule has 0 atom stereocenters. The molecule has 2 aliphatic heterocycles. The number of hydrogen-bond donors (Lipinski definition) is 2. The molecule has 4 rings (SSSR count). The number of amides is 1. The first-order valence-corrected chi connectivity index (χ1v) is 11.2. The predicted octanol–water partition coefficient (Wildman–Crippen LogP) is 4.20. The van der Waals surface area contributed by atoms with Gasteiger partial charge in [0.15, 0.2) is 5.78 Å². The molecule has 6 nitrogen and oxygen atoms in total. The molecule has 1 amide bonds. The first-order chi connectivity index (χ1) is 14.6. The maximum atomic E-state index is 12.7. The van der Waals surface area contributed by atoms with Crippen LogP contribution in [0.1, 0.15) is 34.3 Å². The largest absolute Gasteiger partial charge is 0.448 e. The van der Waals surface area contributed by atoms with Crippen molar-refractivity contribution in [2.45, 2.75) is 25.9 Å². The molecule has 0 radical (unpaired) electrons. The quantitative estimate of drug-likeness (QED) is 0.617. The third-order valence-electron chi connectivity index (χ3n) is 5.85. The highest BCUT2D eigenvalue weighted by atomic mass is 79.9. The molecule has 0 bridgehead atoms. The number of carbonyl (C=O) groups excluding carboxylic acids is 2. The van der Waals surface area contributed by atoms with E-state index in [2.05, 4.69) is 37.5 Å². The van der Waals surface area contributed by atoms with Crippen LogP contribution in [0.3, 0.4) is 0 Å². The number of hydrogen-bond acceptors (Lipinski definition) is 5. The number of fused-ring (bicyclic) bond motifs is 1. The van der Waals surface area contributed by atoms with Gasteiger partial charge in [-0.15, -0.1) is 0 Å². The Labute approximate surface area is 185 Å². The fourth-order valence-corrected chi connectivity index (χ4v) is 4.39. The van der Waals surface area contributed by atoms with Gasteiger partial charge in [-0.1, -0.05) is 40.2 Å². The minimum atomic E-state index is -0.421. The molecule has 0 aliphatic carbocycles. The highest BCUT2D eigenvalue weighted by Gasteiger charge is 2.25. The van der Waals surface area contributed by atoms with Gasteiger partial charge in [-0.25, -0.2) is 4.79 Å². The zero-order chi connectivity index (χ0) is 20.9. The fraction of sp³-hybridized carbons (Fsp3) is 0.391. The average Bonchev–Trinajstić information content (AvgIpc) is 3.24. The van der Waals surface area contributed by atoms with Gasteiger partial charge in [-0.2, -0.15) is 0 Å². The van der Waals surface area contributed by atoms with E-state index in [0.717, 1.165) is 60.3 Å². The number of likely N-dealkylation sites (tertiary alicyclic amines) is 1. The third kappa shape index (κ3) is 5.09. The van der Waals surface area contributed by atoms with E-state index in [1.165, 1.54) is 5.56 Å². The highest BCUT2D eigenvalue weighted by molar-refractivity contribution is 9.10. The van der Waals surface area contributed by atoms with Crippen molar-refractivity contribution in [3.63, 3.8) is 0 Å². The Bertz CT molecular complexity index is 908. The summed E-state index contributed by atoms with van der Waals surface area (Å²) in [6.07, 6.45) is 1.25. The summed E-state index contributed by atoms with van der Waals surface area (Å²) in [5.41, 5.74) is 3.94. The molecular formula is C23H26BrN3O3. The van der Waals surface area contributed by atoms with Crippen LogP contribution >= 0.6 is 15.9 Å². The van der Waals surface area contributed by atoms with Gasteiger partial charge in [-0.05, 0) is 55.3 Å². The number of ether oxygens (including phenoxy) is 1. The Morgan fingerprint density at radius 3 is 2.63 bits per heavy atom. The normalized spacial score (nSPS) is 16.8. The Balaban J connectivity index is 1.18. The molecule has 0 saturated carbocycles. The number of carbonyl (C=O) groups is 2. The molecule has 1 saturated heterocycles. The lowest BCUT2D eigenvalue weighted by atomic mass is 9.89. The summed E-state index contributed by atoms with van der Waals surface area (Å²) in [6.45, 7) is 4.30. The summed E-state index contributed by atoms with van der Waals surface area (Å²) in [6, 6.07) is 13.5. The van der Waals surface area contributed by atoms with Crippen LogP contribution in [0.4, 0.5) is 10.5 Å². The molecule has 0 aromatic heterocycles. The van der Waals surface area contributed by atoms with Gasteiger partial charge >= 0.3 is 6.09 Å². The summed E-state index contributed by atoms with van der Waals surface area (Å²) in [7, 11) is 0. The molecule has 7 heteroatoms. The van der Waals surface area contributed by atoms with Crippen molar-refractivity contribution in [2.75, 3.05) is 31.6 Å². The molecule has 1 fully saturated rings. The lowest BCUT2D eigenvalue weighted by molar-refractivity contribution is 0.0813. The summed E-state index contributed by atoms with van der Waals surface area (Å²) in [5, 5.41) is 6.14. The Morgan fingerprint density at radius 1 is 1.10 bits per heavy atom. The average molecular weight is 472 g/mol. The molecule has 2 N–H and O–H groups in total. The van der Waals surface area contributed by atoms with Crippen LogP contribution in [-0.4, -0.2) is 43.0 Å². The van der Waals surface area contributed by atoms with Crippen LogP contribution < -0.4 is 10.6 Å². The number of benzene rings is 2. The highest BCUT2D eigenvalue weighted by Crippen LogP contribution is 2.25. The Morgan fingerprint density at radius 2 is 1.87 bits per heavy atom. The zero-order valence-corrected chi connectivity index (χ0v) is 18.4. The lowest BCUT2D eigenvalue weighted by Crippen LogP contribution is -2.38. The molecule has 2 aliphatic rings. The number of piperidine rings is 1. The maximum absolute atomic E-state index is 12.7. The van der Waals surface area contributed by atoms with Crippen molar-refractivity contribution in [1.82, 2.24) is 10.2 Å². The van der Waals surface area contributed by atoms with Gasteiger partial charge in [0.05, 0.1) is 0 Å². The van der Waals surface area contributed by atoms with Crippen molar-refractivity contribution in [3.05, 3.63) is 63.6 Å². The zero-order valence-electron chi connectivity index (χ0n) is 16.8. The number of nitrogens with zero attached hydrogens (tertiary/aromatic N) is 1. The molecular weight excluding hydrogens is 446 g/mol. The van der Waals surface area contributed by atoms with Gasteiger partial charge < -0.3 is 10.1 Å².